The lowest BCUT2D eigenvalue weighted by atomic mass is 10.00. The van der Waals surface area contributed by atoms with E-state index >= 15 is 0 Å². The Kier molecular flexibility index (Phi) is 63.4. The highest BCUT2D eigenvalue weighted by Gasteiger charge is 2.30. The lowest BCUT2D eigenvalue weighted by Crippen LogP contribution is -2.30. The van der Waals surface area contributed by atoms with Crippen LogP contribution >= 0.6 is 15.6 Å². The van der Waals surface area contributed by atoms with Crippen LogP contribution < -0.4 is 0 Å². The molecule has 0 aliphatic carbocycles. The Morgan fingerprint density at radius 1 is 0.312 bits per heavy atom. The van der Waals surface area contributed by atoms with Crippen molar-refractivity contribution in [2.75, 3.05) is 39.6 Å². The highest BCUT2D eigenvalue weighted by Crippen LogP contribution is 2.45. The zero-order valence-electron chi connectivity index (χ0n) is 60.7. The first-order chi connectivity index (χ1) is 44.8. The molecule has 0 rings (SSSR count). The summed E-state index contributed by atoms with van der Waals surface area (Å²) in [6.07, 6.45) is 50.0. The molecule has 0 heterocycles. The number of hydrogen-bond donors (Lipinski definition) is 3. The Bertz CT molecular complexity index is 1820. The van der Waals surface area contributed by atoms with Gasteiger partial charge in [0, 0.05) is 25.7 Å². The fourth-order valence-corrected chi connectivity index (χ4v) is 12.8. The molecular weight excluding hydrogens is 1220 g/mol. The summed E-state index contributed by atoms with van der Waals surface area (Å²) in [5.41, 5.74) is 0. The van der Waals surface area contributed by atoms with E-state index in [1.807, 2.05) is 0 Å². The van der Waals surface area contributed by atoms with Gasteiger partial charge in [0.05, 0.1) is 26.4 Å². The maximum Gasteiger partial charge on any atom is 0.472 e. The van der Waals surface area contributed by atoms with Gasteiger partial charge in [-0.1, -0.05) is 325 Å². The standard InChI is InChI=1S/C74H144O17P2/c1-8-10-11-12-13-14-15-16-17-18-19-20-23-29-34-43-50-57-73(78)90-69(61-84-71(76)55-48-41-33-28-24-21-22-26-31-38-45-52-65(3)4)63-88-92(80,81)86-59-68(75)60-87-93(82,83)89-64-70(62-85-72(77)56-49-42-37-36-40-47-54-67(7)9-2)91-74(79)58-51-44-35-30-25-27-32-39-46-53-66(5)6/h65-70,75H,8-64H2,1-7H3,(H,80,81)(H,82,83)/t67?,68-,69-,70-/m1/s1. The zero-order chi connectivity index (χ0) is 68.7. The Hall–Kier alpha value is -1.94. The van der Waals surface area contributed by atoms with Gasteiger partial charge in [-0.05, 0) is 43.4 Å². The van der Waals surface area contributed by atoms with E-state index in [1.165, 1.54) is 180 Å². The lowest BCUT2D eigenvalue weighted by molar-refractivity contribution is -0.161. The van der Waals surface area contributed by atoms with E-state index in [9.17, 15) is 43.2 Å². The average molecular weight is 1370 g/mol. The molecule has 0 amide bonds. The van der Waals surface area contributed by atoms with Crippen molar-refractivity contribution in [2.24, 2.45) is 17.8 Å². The normalized spacial score (nSPS) is 14.4. The van der Waals surface area contributed by atoms with Crippen LogP contribution in [0.5, 0.6) is 0 Å². The quantitative estimate of drug-likeness (QED) is 0.0222. The minimum absolute atomic E-state index is 0.104. The largest absolute Gasteiger partial charge is 0.472 e. The molecule has 93 heavy (non-hydrogen) atoms. The second kappa shape index (κ2) is 64.7. The molecule has 0 aliphatic heterocycles. The van der Waals surface area contributed by atoms with Gasteiger partial charge in [0.25, 0.3) is 0 Å². The fraction of sp³-hybridized carbons (Fsp3) is 0.946. The Labute approximate surface area is 568 Å². The molecule has 0 aliphatic rings. The number of rotatable bonds is 72. The summed E-state index contributed by atoms with van der Waals surface area (Å²) in [7, 11) is -9.91. The van der Waals surface area contributed by atoms with Crippen molar-refractivity contribution in [3.8, 4) is 0 Å². The van der Waals surface area contributed by atoms with Gasteiger partial charge in [-0.15, -0.1) is 0 Å². The number of carbonyl (C=O) groups is 4. The molecule has 19 heteroatoms. The van der Waals surface area contributed by atoms with E-state index in [1.54, 1.807) is 0 Å². The third-order valence-electron chi connectivity index (χ3n) is 17.5. The highest BCUT2D eigenvalue weighted by molar-refractivity contribution is 7.47. The molecule has 552 valence electrons. The zero-order valence-corrected chi connectivity index (χ0v) is 62.5. The summed E-state index contributed by atoms with van der Waals surface area (Å²) in [6, 6.07) is 0. The van der Waals surface area contributed by atoms with E-state index in [0.29, 0.717) is 25.7 Å². The van der Waals surface area contributed by atoms with E-state index in [2.05, 4.69) is 48.5 Å². The van der Waals surface area contributed by atoms with Crippen LogP contribution in [0.25, 0.3) is 0 Å². The molecule has 0 saturated carbocycles. The highest BCUT2D eigenvalue weighted by atomic mass is 31.2. The maximum absolute atomic E-state index is 13.1. The molecule has 0 fully saturated rings. The third-order valence-corrected chi connectivity index (χ3v) is 19.4. The van der Waals surface area contributed by atoms with Gasteiger partial charge in [0.2, 0.25) is 0 Å². The molecule has 0 aromatic rings. The molecule has 3 unspecified atom stereocenters. The monoisotopic (exact) mass is 1370 g/mol. The van der Waals surface area contributed by atoms with E-state index in [4.69, 9.17) is 37.0 Å². The third kappa shape index (κ3) is 67.0. The topological polar surface area (TPSA) is 237 Å². The van der Waals surface area contributed by atoms with Crippen molar-refractivity contribution in [3.05, 3.63) is 0 Å². The van der Waals surface area contributed by atoms with Gasteiger partial charge in [0.1, 0.15) is 19.3 Å². The first-order valence-electron chi connectivity index (χ1n) is 38.4. The Balaban J connectivity index is 5.25. The van der Waals surface area contributed by atoms with Gasteiger partial charge >= 0.3 is 39.5 Å². The number of esters is 4. The number of aliphatic hydroxyl groups excluding tert-OH is 1. The number of ether oxygens (including phenoxy) is 4. The van der Waals surface area contributed by atoms with E-state index in [0.717, 1.165) is 114 Å². The predicted octanol–water partition coefficient (Wildman–Crippen LogP) is 21.4. The van der Waals surface area contributed by atoms with Gasteiger partial charge in [-0.2, -0.15) is 0 Å². The van der Waals surface area contributed by atoms with Crippen LogP contribution in [-0.4, -0.2) is 96.7 Å². The second-order valence-corrected chi connectivity index (χ2v) is 30.8. The van der Waals surface area contributed by atoms with E-state index < -0.39 is 97.5 Å². The van der Waals surface area contributed by atoms with Crippen molar-refractivity contribution >= 4 is 39.5 Å². The molecular formula is C74H144O17P2. The van der Waals surface area contributed by atoms with Crippen LogP contribution in [0.2, 0.25) is 0 Å². The molecule has 6 atom stereocenters. The van der Waals surface area contributed by atoms with Crippen LogP contribution in [0, 0.1) is 17.8 Å². The minimum Gasteiger partial charge on any atom is -0.462 e. The Morgan fingerprint density at radius 3 is 0.817 bits per heavy atom. The average Bonchev–Trinajstić information content (AvgIpc) is 2.79. The van der Waals surface area contributed by atoms with Gasteiger partial charge in [-0.25, -0.2) is 9.13 Å². The van der Waals surface area contributed by atoms with Crippen LogP contribution in [-0.2, 0) is 65.4 Å². The van der Waals surface area contributed by atoms with Crippen molar-refractivity contribution < 1.29 is 80.2 Å². The first-order valence-corrected chi connectivity index (χ1v) is 41.4. The summed E-state index contributed by atoms with van der Waals surface area (Å²) in [5.74, 6) is 0.117. The summed E-state index contributed by atoms with van der Waals surface area (Å²) in [4.78, 5) is 72.7. The fourth-order valence-electron chi connectivity index (χ4n) is 11.2. The van der Waals surface area contributed by atoms with Crippen molar-refractivity contribution in [1.82, 2.24) is 0 Å². The SMILES string of the molecule is CCCCCCCCCCCCCCCCCCCC(=O)O[C@H](COC(=O)CCCCCCCCCCCCCC(C)C)COP(=O)(O)OC[C@@H](O)COP(=O)(O)OC[C@@H](COC(=O)CCCCCCCCC(C)CC)OC(=O)CCCCCCCCCCCC(C)C. The second-order valence-electron chi connectivity index (χ2n) is 27.9. The summed E-state index contributed by atoms with van der Waals surface area (Å²) < 4.78 is 68.4. The summed E-state index contributed by atoms with van der Waals surface area (Å²) >= 11 is 0. The summed E-state index contributed by atoms with van der Waals surface area (Å²) in [6.45, 7) is 11.8. The number of aliphatic hydroxyl groups is 1. The molecule has 0 radical (unpaired) electrons. The number of phosphoric ester groups is 2. The number of phosphoric acid groups is 2. The molecule has 0 saturated heterocycles. The van der Waals surface area contributed by atoms with Crippen molar-refractivity contribution in [3.63, 3.8) is 0 Å². The molecule has 3 N–H and O–H groups in total. The van der Waals surface area contributed by atoms with Gasteiger partial charge in [-0.3, -0.25) is 37.3 Å². The molecule has 0 aromatic heterocycles. The van der Waals surface area contributed by atoms with Crippen LogP contribution in [0.1, 0.15) is 376 Å². The van der Waals surface area contributed by atoms with Crippen LogP contribution in [0.3, 0.4) is 0 Å². The van der Waals surface area contributed by atoms with Crippen LogP contribution in [0.4, 0.5) is 0 Å². The number of carbonyl (C=O) groups excluding carboxylic acids is 4. The van der Waals surface area contributed by atoms with Crippen molar-refractivity contribution in [2.45, 2.75) is 394 Å². The van der Waals surface area contributed by atoms with E-state index in [-0.39, 0.29) is 25.7 Å². The van der Waals surface area contributed by atoms with Gasteiger partial charge < -0.3 is 33.8 Å². The van der Waals surface area contributed by atoms with Crippen LogP contribution in [0.15, 0.2) is 0 Å². The van der Waals surface area contributed by atoms with Gasteiger partial charge in [0.15, 0.2) is 12.2 Å². The van der Waals surface area contributed by atoms with Crippen molar-refractivity contribution in [1.29, 1.82) is 0 Å². The number of hydrogen-bond acceptors (Lipinski definition) is 15. The molecule has 0 aromatic carbocycles. The number of unbranched alkanes of at least 4 members (excludes halogenated alkanes) is 39. The first kappa shape index (κ1) is 91.1. The minimum atomic E-state index is -4.96. The molecule has 0 spiro atoms. The summed E-state index contributed by atoms with van der Waals surface area (Å²) in [5, 5.41) is 10.6. The smallest absolute Gasteiger partial charge is 0.462 e. The molecule has 0 bridgehead atoms. The predicted molar refractivity (Wildman–Crippen MR) is 377 cm³/mol. The molecule has 17 nitrogen and oxygen atoms in total. The Morgan fingerprint density at radius 2 is 0.548 bits per heavy atom. The lowest BCUT2D eigenvalue weighted by Gasteiger charge is -2.21. The maximum atomic E-state index is 13.1.